The maximum atomic E-state index is 12.6. The SMILES string of the molecule is CC(=O)c1c(C)[nH]c(C(=O)N(C)Cc2ccc(Cl)c(Cl)c2)c1C. The third-order valence-corrected chi connectivity index (χ3v) is 4.49. The van der Waals surface area contributed by atoms with Gasteiger partial charge in [0.15, 0.2) is 5.78 Å². The lowest BCUT2D eigenvalue weighted by Crippen LogP contribution is -2.27. The molecule has 0 bridgehead atoms. The van der Waals surface area contributed by atoms with Crippen molar-refractivity contribution >= 4 is 34.9 Å². The molecule has 0 saturated heterocycles. The third-order valence-electron chi connectivity index (χ3n) is 3.75. The number of halogens is 2. The fourth-order valence-corrected chi connectivity index (χ4v) is 2.99. The number of carbonyl (C=O) groups excluding carboxylic acids is 2. The predicted molar refractivity (Wildman–Crippen MR) is 92.5 cm³/mol. The first-order chi connectivity index (χ1) is 10.7. The van der Waals surface area contributed by atoms with Crippen LogP contribution in [-0.4, -0.2) is 28.6 Å². The van der Waals surface area contributed by atoms with E-state index in [-0.39, 0.29) is 11.7 Å². The average Bonchev–Trinajstić information content (AvgIpc) is 2.77. The predicted octanol–water partition coefficient (Wildman–Crippen LogP) is 4.41. The van der Waals surface area contributed by atoms with E-state index >= 15 is 0 Å². The van der Waals surface area contributed by atoms with Crippen LogP contribution in [0, 0.1) is 13.8 Å². The molecule has 2 aromatic rings. The van der Waals surface area contributed by atoms with E-state index in [1.807, 2.05) is 6.07 Å². The van der Waals surface area contributed by atoms with Crippen molar-refractivity contribution in [2.75, 3.05) is 7.05 Å². The van der Waals surface area contributed by atoms with Gasteiger partial charge in [0.25, 0.3) is 5.91 Å². The van der Waals surface area contributed by atoms with Gasteiger partial charge in [0.1, 0.15) is 5.69 Å². The van der Waals surface area contributed by atoms with Gasteiger partial charge in [-0.15, -0.1) is 0 Å². The van der Waals surface area contributed by atoms with E-state index in [1.165, 1.54) is 6.92 Å². The van der Waals surface area contributed by atoms with Crippen molar-refractivity contribution < 1.29 is 9.59 Å². The number of amides is 1. The van der Waals surface area contributed by atoms with Crippen LogP contribution in [0.5, 0.6) is 0 Å². The number of carbonyl (C=O) groups is 2. The summed E-state index contributed by atoms with van der Waals surface area (Å²) in [7, 11) is 1.70. The highest BCUT2D eigenvalue weighted by molar-refractivity contribution is 6.42. The average molecular weight is 353 g/mol. The van der Waals surface area contributed by atoms with Gasteiger partial charge in [-0.3, -0.25) is 9.59 Å². The molecular weight excluding hydrogens is 335 g/mol. The molecule has 1 heterocycles. The largest absolute Gasteiger partial charge is 0.354 e. The third kappa shape index (κ3) is 3.59. The van der Waals surface area contributed by atoms with E-state index in [9.17, 15) is 9.59 Å². The number of rotatable bonds is 4. The van der Waals surface area contributed by atoms with Gasteiger partial charge in [-0.1, -0.05) is 29.3 Å². The molecule has 1 amide bonds. The van der Waals surface area contributed by atoms with Gasteiger partial charge in [-0.05, 0) is 44.0 Å². The van der Waals surface area contributed by atoms with Crippen LogP contribution < -0.4 is 0 Å². The maximum Gasteiger partial charge on any atom is 0.270 e. The van der Waals surface area contributed by atoms with Crippen molar-refractivity contribution in [1.29, 1.82) is 0 Å². The Morgan fingerprint density at radius 1 is 1.17 bits per heavy atom. The van der Waals surface area contributed by atoms with E-state index in [0.717, 1.165) is 5.56 Å². The number of aromatic amines is 1. The summed E-state index contributed by atoms with van der Waals surface area (Å²) in [6.07, 6.45) is 0. The highest BCUT2D eigenvalue weighted by Crippen LogP contribution is 2.24. The summed E-state index contributed by atoms with van der Waals surface area (Å²) in [6, 6.07) is 5.27. The summed E-state index contributed by atoms with van der Waals surface area (Å²) in [4.78, 5) is 28.9. The maximum absolute atomic E-state index is 12.6. The van der Waals surface area contributed by atoms with E-state index in [1.54, 1.807) is 37.9 Å². The molecule has 0 atom stereocenters. The van der Waals surface area contributed by atoms with E-state index < -0.39 is 0 Å². The Hall–Kier alpha value is -1.78. The van der Waals surface area contributed by atoms with Crippen molar-refractivity contribution in [2.24, 2.45) is 0 Å². The van der Waals surface area contributed by atoms with E-state index in [4.69, 9.17) is 23.2 Å². The molecular formula is C17H18Cl2N2O2. The minimum atomic E-state index is -0.177. The number of nitrogens with one attached hydrogen (secondary N) is 1. The number of hydrogen-bond donors (Lipinski definition) is 1. The molecule has 1 aromatic carbocycles. The first-order valence-corrected chi connectivity index (χ1v) is 7.87. The van der Waals surface area contributed by atoms with Crippen LogP contribution in [-0.2, 0) is 6.54 Å². The van der Waals surface area contributed by atoms with Gasteiger partial charge < -0.3 is 9.88 Å². The number of benzene rings is 1. The number of aryl methyl sites for hydroxylation is 1. The smallest absolute Gasteiger partial charge is 0.270 e. The van der Waals surface area contributed by atoms with Crippen molar-refractivity contribution in [2.45, 2.75) is 27.3 Å². The molecule has 0 aliphatic heterocycles. The van der Waals surface area contributed by atoms with Gasteiger partial charge in [0, 0.05) is 24.8 Å². The van der Waals surface area contributed by atoms with Gasteiger partial charge >= 0.3 is 0 Å². The Labute approximate surface area is 145 Å². The molecule has 23 heavy (non-hydrogen) atoms. The zero-order valence-corrected chi connectivity index (χ0v) is 15.0. The molecule has 0 aliphatic rings. The summed E-state index contributed by atoms with van der Waals surface area (Å²) in [5.41, 5.74) is 3.29. The van der Waals surface area contributed by atoms with Crippen LogP contribution in [0.3, 0.4) is 0 Å². The topological polar surface area (TPSA) is 53.2 Å². The lowest BCUT2D eigenvalue weighted by molar-refractivity contribution is 0.0779. The normalized spacial score (nSPS) is 10.7. The summed E-state index contributed by atoms with van der Waals surface area (Å²) in [6.45, 7) is 5.46. The molecule has 1 aromatic heterocycles. The van der Waals surface area contributed by atoms with Gasteiger partial charge in [0.2, 0.25) is 0 Å². The number of Topliss-reactive ketones (excluding diaryl/α,β-unsaturated/α-hetero) is 1. The Morgan fingerprint density at radius 2 is 1.83 bits per heavy atom. The summed E-state index contributed by atoms with van der Waals surface area (Å²) >= 11 is 11.9. The quantitative estimate of drug-likeness (QED) is 0.828. The Balaban J connectivity index is 2.24. The molecule has 0 saturated carbocycles. The van der Waals surface area contributed by atoms with Crippen LogP contribution >= 0.6 is 23.2 Å². The zero-order valence-electron chi connectivity index (χ0n) is 13.5. The fourth-order valence-electron chi connectivity index (χ4n) is 2.67. The lowest BCUT2D eigenvalue weighted by atomic mass is 10.1. The Kier molecular flexibility index (Phi) is 5.17. The number of nitrogens with zero attached hydrogens (tertiary/aromatic N) is 1. The van der Waals surface area contributed by atoms with Crippen LogP contribution in [0.15, 0.2) is 18.2 Å². The number of hydrogen-bond acceptors (Lipinski definition) is 2. The summed E-state index contributed by atoms with van der Waals surface area (Å²) in [5.74, 6) is -0.230. The highest BCUT2D eigenvalue weighted by Gasteiger charge is 2.22. The monoisotopic (exact) mass is 352 g/mol. The van der Waals surface area contributed by atoms with Crippen LogP contribution in [0.1, 0.15) is 44.6 Å². The molecule has 0 spiro atoms. The molecule has 0 aliphatic carbocycles. The molecule has 0 unspecified atom stereocenters. The number of aromatic nitrogens is 1. The summed E-state index contributed by atoms with van der Waals surface area (Å²) < 4.78 is 0. The van der Waals surface area contributed by atoms with Gasteiger partial charge in [0.05, 0.1) is 10.0 Å². The van der Waals surface area contributed by atoms with Crippen LogP contribution in [0.4, 0.5) is 0 Å². The fraction of sp³-hybridized carbons (Fsp3) is 0.294. The molecule has 4 nitrogen and oxygen atoms in total. The second-order valence-electron chi connectivity index (χ2n) is 5.59. The molecule has 0 fully saturated rings. The van der Waals surface area contributed by atoms with Crippen molar-refractivity contribution in [1.82, 2.24) is 9.88 Å². The number of ketones is 1. The second kappa shape index (κ2) is 6.77. The molecule has 1 N–H and O–H groups in total. The van der Waals surface area contributed by atoms with Gasteiger partial charge in [-0.25, -0.2) is 0 Å². The lowest BCUT2D eigenvalue weighted by Gasteiger charge is -2.17. The zero-order chi connectivity index (χ0) is 17.3. The van der Waals surface area contributed by atoms with Crippen LogP contribution in [0.2, 0.25) is 10.0 Å². The molecule has 0 radical (unpaired) electrons. The summed E-state index contributed by atoms with van der Waals surface area (Å²) in [5, 5.41) is 0.933. The highest BCUT2D eigenvalue weighted by atomic mass is 35.5. The first kappa shape index (κ1) is 17.6. The second-order valence-corrected chi connectivity index (χ2v) is 6.41. The van der Waals surface area contributed by atoms with Crippen molar-refractivity contribution in [3.05, 3.63) is 56.3 Å². The number of H-pyrrole nitrogens is 1. The molecule has 6 heteroatoms. The Bertz CT molecular complexity index is 781. The van der Waals surface area contributed by atoms with E-state index in [0.29, 0.717) is 39.1 Å². The molecule has 122 valence electrons. The standard InChI is InChI=1S/C17H18Cl2N2O2/c1-9-15(11(3)22)10(2)20-16(9)17(23)21(4)8-12-5-6-13(18)14(19)7-12/h5-7,20H,8H2,1-4H3. The first-order valence-electron chi connectivity index (χ1n) is 7.11. The van der Waals surface area contributed by atoms with Crippen molar-refractivity contribution in [3.63, 3.8) is 0 Å². The minimum absolute atomic E-state index is 0.0533. The van der Waals surface area contributed by atoms with Crippen molar-refractivity contribution in [3.8, 4) is 0 Å². The Morgan fingerprint density at radius 3 is 2.35 bits per heavy atom. The molecule has 2 rings (SSSR count). The van der Waals surface area contributed by atoms with E-state index in [2.05, 4.69) is 4.98 Å². The van der Waals surface area contributed by atoms with Crippen LogP contribution in [0.25, 0.3) is 0 Å². The van der Waals surface area contributed by atoms with Gasteiger partial charge in [-0.2, -0.15) is 0 Å². The minimum Gasteiger partial charge on any atom is -0.354 e.